The van der Waals surface area contributed by atoms with Crippen molar-refractivity contribution >= 4 is 46.2 Å². The Morgan fingerprint density at radius 3 is 2.71 bits per heavy atom. The number of halogens is 1. The van der Waals surface area contributed by atoms with Crippen LogP contribution >= 0.6 is 22.6 Å². The summed E-state index contributed by atoms with van der Waals surface area (Å²) < 4.78 is 6.54. The molecule has 0 spiro atoms. The van der Waals surface area contributed by atoms with E-state index in [1.54, 1.807) is 18.2 Å². The molecule has 4 rings (SSSR count). The number of rotatable bonds is 2. The highest BCUT2D eigenvalue weighted by molar-refractivity contribution is 14.1. The zero-order valence-corrected chi connectivity index (χ0v) is 14.7. The standard InChI is InChI=1S/C18H13IN2O3/c19-13-2-4-14(5-3-13)21-18(23)15(17(22)20-21)10-11-1-6-16-12(9-11)7-8-24-16/h1-6,9-10H,7-8H2,(H,20,22). The van der Waals surface area contributed by atoms with E-state index in [9.17, 15) is 9.59 Å². The van der Waals surface area contributed by atoms with Crippen molar-refractivity contribution in [1.29, 1.82) is 0 Å². The second kappa shape index (κ2) is 5.94. The summed E-state index contributed by atoms with van der Waals surface area (Å²) in [5, 5.41) is 1.28. The Labute approximate surface area is 152 Å². The van der Waals surface area contributed by atoms with Crippen molar-refractivity contribution in [3.63, 3.8) is 0 Å². The van der Waals surface area contributed by atoms with E-state index in [2.05, 4.69) is 28.0 Å². The number of fused-ring (bicyclic) bond motifs is 1. The molecule has 0 saturated carbocycles. The summed E-state index contributed by atoms with van der Waals surface area (Å²) in [6.07, 6.45) is 2.48. The van der Waals surface area contributed by atoms with E-state index in [0.717, 1.165) is 26.9 Å². The molecular weight excluding hydrogens is 419 g/mol. The maximum absolute atomic E-state index is 12.6. The largest absolute Gasteiger partial charge is 0.493 e. The molecule has 6 heteroatoms. The zero-order valence-electron chi connectivity index (χ0n) is 12.6. The zero-order chi connectivity index (χ0) is 16.7. The summed E-state index contributed by atoms with van der Waals surface area (Å²) in [5.74, 6) is 0.133. The number of anilines is 1. The summed E-state index contributed by atoms with van der Waals surface area (Å²) >= 11 is 2.19. The Kier molecular flexibility index (Phi) is 3.76. The normalized spacial score (nSPS) is 17.9. The second-order valence-corrected chi connectivity index (χ2v) is 6.83. The summed E-state index contributed by atoms with van der Waals surface area (Å²) in [7, 11) is 0. The van der Waals surface area contributed by atoms with E-state index < -0.39 is 5.91 Å². The maximum Gasteiger partial charge on any atom is 0.282 e. The van der Waals surface area contributed by atoms with Gasteiger partial charge in [-0.05, 0) is 76.2 Å². The van der Waals surface area contributed by atoms with E-state index in [1.165, 1.54) is 5.01 Å². The minimum Gasteiger partial charge on any atom is -0.493 e. The Morgan fingerprint density at radius 2 is 1.92 bits per heavy atom. The quantitative estimate of drug-likeness (QED) is 0.451. The fourth-order valence-electron chi connectivity index (χ4n) is 2.79. The van der Waals surface area contributed by atoms with Gasteiger partial charge < -0.3 is 4.74 Å². The van der Waals surface area contributed by atoms with Gasteiger partial charge >= 0.3 is 0 Å². The van der Waals surface area contributed by atoms with Gasteiger partial charge in [0.1, 0.15) is 11.3 Å². The molecule has 2 aliphatic heterocycles. The van der Waals surface area contributed by atoms with Crippen molar-refractivity contribution in [2.24, 2.45) is 0 Å². The fraction of sp³-hybridized carbons (Fsp3) is 0.111. The number of amides is 2. The van der Waals surface area contributed by atoms with Crippen LogP contribution in [0.2, 0.25) is 0 Å². The van der Waals surface area contributed by atoms with Crippen molar-refractivity contribution in [2.45, 2.75) is 6.42 Å². The molecule has 0 radical (unpaired) electrons. The van der Waals surface area contributed by atoms with Crippen molar-refractivity contribution in [1.82, 2.24) is 5.43 Å². The van der Waals surface area contributed by atoms with Crippen LogP contribution in [0.3, 0.4) is 0 Å². The van der Waals surface area contributed by atoms with Crippen LogP contribution in [-0.4, -0.2) is 18.4 Å². The number of nitrogens with one attached hydrogen (secondary N) is 1. The molecule has 0 bridgehead atoms. The molecule has 2 heterocycles. The van der Waals surface area contributed by atoms with Gasteiger partial charge in [-0.3, -0.25) is 15.0 Å². The fourth-order valence-corrected chi connectivity index (χ4v) is 3.15. The van der Waals surface area contributed by atoms with Crippen molar-refractivity contribution in [2.75, 3.05) is 11.6 Å². The highest BCUT2D eigenvalue weighted by Crippen LogP contribution is 2.28. The summed E-state index contributed by atoms with van der Waals surface area (Å²) in [5.41, 5.74) is 5.30. The number of carbonyl (C=O) groups excluding carboxylic acids is 2. The van der Waals surface area contributed by atoms with Gasteiger partial charge in [-0.2, -0.15) is 0 Å². The summed E-state index contributed by atoms with van der Waals surface area (Å²) in [6, 6.07) is 13.1. The first kappa shape index (κ1) is 15.2. The van der Waals surface area contributed by atoms with Gasteiger partial charge in [0.25, 0.3) is 11.8 Å². The summed E-state index contributed by atoms with van der Waals surface area (Å²) in [6.45, 7) is 0.676. The van der Waals surface area contributed by atoms with Gasteiger partial charge in [0.05, 0.1) is 12.3 Å². The van der Waals surface area contributed by atoms with Crippen LogP contribution in [-0.2, 0) is 16.0 Å². The first-order chi connectivity index (χ1) is 11.6. The van der Waals surface area contributed by atoms with E-state index in [1.807, 2.05) is 30.3 Å². The van der Waals surface area contributed by atoms with Gasteiger partial charge in [0.2, 0.25) is 0 Å². The Hall–Kier alpha value is -2.35. The Bertz CT molecular complexity index is 874. The van der Waals surface area contributed by atoms with E-state index in [-0.39, 0.29) is 11.5 Å². The predicted molar refractivity (Wildman–Crippen MR) is 98.4 cm³/mol. The highest BCUT2D eigenvalue weighted by atomic mass is 127. The molecule has 5 nitrogen and oxygen atoms in total. The molecule has 0 aromatic heterocycles. The highest BCUT2D eigenvalue weighted by Gasteiger charge is 2.34. The molecule has 0 unspecified atom stereocenters. The van der Waals surface area contributed by atoms with Gasteiger partial charge in [-0.1, -0.05) is 6.07 Å². The van der Waals surface area contributed by atoms with Gasteiger partial charge in [-0.15, -0.1) is 0 Å². The molecule has 120 valence electrons. The third kappa shape index (κ3) is 2.66. The third-order valence-electron chi connectivity index (χ3n) is 4.00. The van der Waals surface area contributed by atoms with Crippen LogP contribution in [0.1, 0.15) is 11.1 Å². The predicted octanol–water partition coefficient (Wildman–Crippen LogP) is 2.69. The lowest BCUT2D eigenvalue weighted by atomic mass is 10.1. The molecule has 1 N–H and O–H groups in total. The van der Waals surface area contributed by atoms with E-state index >= 15 is 0 Å². The van der Waals surface area contributed by atoms with Gasteiger partial charge in [0.15, 0.2) is 0 Å². The molecule has 24 heavy (non-hydrogen) atoms. The van der Waals surface area contributed by atoms with Crippen molar-refractivity contribution < 1.29 is 14.3 Å². The van der Waals surface area contributed by atoms with Crippen LogP contribution in [0.4, 0.5) is 5.69 Å². The van der Waals surface area contributed by atoms with Crippen LogP contribution < -0.4 is 15.2 Å². The Balaban J connectivity index is 1.65. The number of hydrazine groups is 1. The molecule has 2 aliphatic rings. The molecule has 1 fully saturated rings. The van der Waals surface area contributed by atoms with E-state index in [4.69, 9.17) is 4.74 Å². The average molecular weight is 432 g/mol. The topological polar surface area (TPSA) is 58.6 Å². The number of hydrogen-bond acceptors (Lipinski definition) is 3. The molecule has 0 aliphatic carbocycles. The maximum atomic E-state index is 12.6. The monoisotopic (exact) mass is 432 g/mol. The minimum absolute atomic E-state index is 0.132. The molecular formula is C18H13IN2O3. The lowest BCUT2D eigenvalue weighted by Gasteiger charge is -2.14. The van der Waals surface area contributed by atoms with Crippen LogP contribution in [0.15, 0.2) is 48.0 Å². The van der Waals surface area contributed by atoms with Crippen LogP contribution in [0, 0.1) is 3.57 Å². The molecule has 2 aromatic rings. The van der Waals surface area contributed by atoms with Gasteiger partial charge in [-0.25, -0.2) is 5.01 Å². The average Bonchev–Trinajstić information content (AvgIpc) is 3.15. The SMILES string of the molecule is O=C1NN(c2ccc(I)cc2)C(=O)C1=Cc1ccc2c(c1)CCO2. The smallest absolute Gasteiger partial charge is 0.282 e. The van der Waals surface area contributed by atoms with Crippen molar-refractivity contribution in [3.05, 3.63) is 62.7 Å². The lowest BCUT2D eigenvalue weighted by Crippen LogP contribution is -2.35. The number of nitrogens with zero attached hydrogens (tertiary/aromatic N) is 1. The van der Waals surface area contributed by atoms with Crippen LogP contribution in [0.5, 0.6) is 5.75 Å². The summed E-state index contributed by atoms with van der Waals surface area (Å²) in [4.78, 5) is 24.8. The van der Waals surface area contributed by atoms with Gasteiger partial charge in [0, 0.05) is 9.99 Å². The number of hydrogen-bond donors (Lipinski definition) is 1. The first-order valence-corrected chi connectivity index (χ1v) is 8.58. The van der Waals surface area contributed by atoms with E-state index in [0.29, 0.717) is 12.3 Å². The van der Waals surface area contributed by atoms with Crippen molar-refractivity contribution in [3.8, 4) is 5.75 Å². The minimum atomic E-state index is -0.393. The number of ether oxygens (including phenoxy) is 1. The molecule has 2 amide bonds. The third-order valence-corrected chi connectivity index (χ3v) is 4.72. The Morgan fingerprint density at radius 1 is 1.12 bits per heavy atom. The molecule has 2 aromatic carbocycles. The lowest BCUT2D eigenvalue weighted by molar-refractivity contribution is -0.117. The number of benzene rings is 2. The molecule has 1 saturated heterocycles. The van der Waals surface area contributed by atoms with Crippen LogP contribution in [0.25, 0.3) is 6.08 Å². The number of carbonyl (C=O) groups is 2. The first-order valence-electron chi connectivity index (χ1n) is 7.50. The second-order valence-electron chi connectivity index (χ2n) is 5.58. The molecule has 0 atom stereocenters.